The molecule has 1 fully saturated rings. The molecule has 1 aliphatic heterocycles. The van der Waals surface area contributed by atoms with Crippen LogP contribution in [0.25, 0.3) is 0 Å². The highest BCUT2D eigenvalue weighted by Gasteiger charge is 2.28. The fourth-order valence-electron chi connectivity index (χ4n) is 1.75. The monoisotopic (exact) mass is 247 g/mol. The topological polar surface area (TPSA) is 88.2 Å². The molecule has 1 aliphatic rings. The number of amides is 3. The van der Waals surface area contributed by atoms with Gasteiger partial charge in [-0.2, -0.15) is 0 Å². The SMILES string of the molecule is Cc1cncc(C(=O)NC2CCC(=O)NC2=O)c1. The second-order valence-corrected chi connectivity index (χ2v) is 4.23. The van der Waals surface area contributed by atoms with Gasteiger partial charge in [0.15, 0.2) is 0 Å². The standard InChI is InChI=1S/C12H13N3O3/c1-7-4-8(6-13-5-7)11(17)14-9-2-3-10(16)15-12(9)18/h4-6,9H,2-3H2,1H3,(H,14,17)(H,15,16,18). The Kier molecular flexibility index (Phi) is 3.36. The second kappa shape index (κ2) is 4.95. The number of imide groups is 1. The summed E-state index contributed by atoms with van der Waals surface area (Å²) in [6.45, 7) is 1.83. The molecule has 0 radical (unpaired) electrons. The highest BCUT2D eigenvalue weighted by atomic mass is 16.2. The minimum atomic E-state index is -0.657. The van der Waals surface area contributed by atoms with Gasteiger partial charge >= 0.3 is 0 Å². The molecule has 18 heavy (non-hydrogen) atoms. The molecule has 1 unspecified atom stereocenters. The molecule has 94 valence electrons. The van der Waals surface area contributed by atoms with E-state index in [4.69, 9.17) is 0 Å². The van der Waals surface area contributed by atoms with Crippen LogP contribution in [0.1, 0.15) is 28.8 Å². The van der Waals surface area contributed by atoms with Gasteiger partial charge in [-0.15, -0.1) is 0 Å². The number of nitrogens with zero attached hydrogens (tertiary/aromatic N) is 1. The minimum absolute atomic E-state index is 0.239. The molecule has 1 atom stereocenters. The zero-order valence-corrected chi connectivity index (χ0v) is 9.90. The Hall–Kier alpha value is -2.24. The van der Waals surface area contributed by atoms with Gasteiger partial charge in [-0.25, -0.2) is 0 Å². The molecule has 3 amide bonds. The van der Waals surface area contributed by atoms with Crippen molar-refractivity contribution in [1.82, 2.24) is 15.6 Å². The molecule has 0 aromatic carbocycles. The van der Waals surface area contributed by atoms with Gasteiger partial charge in [0, 0.05) is 18.8 Å². The van der Waals surface area contributed by atoms with Crippen LogP contribution in [0.3, 0.4) is 0 Å². The zero-order valence-electron chi connectivity index (χ0n) is 9.90. The van der Waals surface area contributed by atoms with Crippen LogP contribution in [0.2, 0.25) is 0 Å². The van der Waals surface area contributed by atoms with Crippen LogP contribution < -0.4 is 10.6 Å². The van der Waals surface area contributed by atoms with E-state index in [2.05, 4.69) is 15.6 Å². The first-order valence-electron chi connectivity index (χ1n) is 5.62. The molecule has 6 heteroatoms. The Balaban J connectivity index is 2.03. The minimum Gasteiger partial charge on any atom is -0.340 e. The first-order valence-corrected chi connectivity index (χ1v) is 5.62. The number of carbonyl (C=O) groups is 3. The molecule has 1 aromatic rings. The van der Waals surface area contributed by atoms with Gasteiger partial charge < -0.3 is 5.32 Å². The number of nitrogens with one attached hydrogen (secondary N) is 2. The summed E-state index contributed by atoms with van der Waals surface area (Å²) in [7, 11) is 0. The average molecular weight is 247 g/mol. The van der Waals surface area contributed by atoms with E-state index in [1.165, 1.54) is 6.20 Å². The lowest BCUT2D eigenvalue weighted by Gasteiger charge is -2.21. The molecule has 0 saturated carbocycles. The summed E-state index contributed by atoms with van der Waals surface area (Å²) in [5.41, 5.74) is 1.27. The van der Waals surface area contributed by atoms with Crippen molar-refractivity contribution in [2.75, 3.05) is 0 Å². The molecule has 2 heterocycles. The molecular formula is C12H13N3O3. The number of carbonyl (C=O) groups excluding carboxylic acids is 3. The van der Waals surface area contributed by atoms with Gasteiger partial charge in [-0.3, -0.25) is 24.7 Å². The number of hydrogen-bond donors (Lipinski definition) is 2. The number of piperidine rings is 1. The van der Waals surface area contributed by atoms with Crippen LogP contribution in [0.5, 0.6) is 0 Å². The normalized spacial score (nSPS) is 19.3. The Morgan fingerprint density at radius 2 is 2.22 bits per heavy atom. The van der Waals surface area contributed by atoms with Crippen molar-refractivity contribution in [3.63, 3.8) is 0 Å². The summed E-state index contributed by atoms with van der Waals surface area (Å²) in [4.78, 5) is 38.2. The fourth-order valence-corrected chi connectivity index (χ4v) is 1.75. The van der Waals surface area contributed by atoms with Crippen molar-refractivity contribution < 1.29 is 14.4 Å². The average Bonchev–Trinajstić information content (AvgIpc) is 2.32. The quantitative estimate of drug-likeness (QED) is 0.716. The van der Waals surface area contributed by atoms with Gasteiger partial charge in [0.25, 0.3) is 5.91 Å². The summed E-state index contributed by atoms with van der Waals surface area (Å²) in [5.74, 6) is -1.12. The van der Waals surface area contributed by atoms with Gasteiger partial charge in [-0.05, 0) is 25.0 Å². The van der Waals surface area contributed by atoms with Crippen LogP contribution in [-0.2, 0) is 9.59 Å². The third-order valence-electron chi connectivity index (χ3n) is 2.68. The molecule has 1 saturated heterocycles. The van der Waals surface area contributed by atoms with Gasteiger partial charge in [0.05, 0.1) is 5.56 Å². The van der Waals surface area contributed by atoms with E-state index >= 15 is 0 Å². The maximum atomic E-state index is 11.9. The fraction of sp³-hybridized carbons (Fsp3) is 0.333. The zero-order chi connectivity index (χ0) is 13.1. The predicted molar refractivity (Wildman–Crippen MR) is 62.6 cm³/mol. The Morgan fingerprint density at radius 1 is 1.44 bits per heavy atom. The Labute approximate surface area is 104 Å². The lowest BCUT2D eigenvalue weighted by molar-refractivity contribution is -0.134. The third-order valence-corrected chi connectivity index (χ3v) is 2.68. The van der Waals surface area contributed by atoms with Crippen LogP contribution in [0.4, 0.5) is 0 Å². The van der Waals surface area contributed by atoms with E-state index in [1.807, 2.05) is 6.92 Å². The summed E-state index contributed by atoms with van der Waals surface area (Å²) in [6.07, 6.45) is 3.65. The lowest BCUT2D eigenvalue weighted by Crippen LogP contribution is -2.52. The molecule has 1 aromatic heterocycles. The van der Waals surface area contributed by atoms with E-state index in [9.17, 15) is 14.4 Å². The Bertz CT molecular complexity index is 513. The Morgan fingerprint density at radius 3 is 2.89 bits per heavy atom. The second-order valence-electron chi connectivity index (χ2n) is 4.23. The summed E-state index contributed by atoms with van der Waals surface area (Å²) >= 11 is 0. The van der Waals surface area contributed by atoms with E-state index in [1.54, 1.807) is 12.3 Å². The maximum absolute atomic E-state index is 11.9. The smallest absolute Gasteiger partial charge is 0.253 e. The molecule has 2 N–H and O–H groups in total. The van der Waals surface area contributed by atoms with Crippen LogP contribution in [-0.4, -0.2) is 28.7 Å². The van der Waals surface area contributed by atoms with Crippen molar-refractivity contribution >= 4 is 17.7 Å². The van der Waals surface area contributed by atoms with Gasteiger partial charge in [-0.1, -0.05) is 0 Å². The molecular weight excluding hydrogens is 234 g/mol. The molecule has 2 rings (SSSR count). The predicted octanol–water partition coefficient (Wildman–Crippen LogP) is -0.0750. The van der Waals surface area contributed by atoms with Crippen molar-refractivity contribution in [1.29, 1.82) is 0 Å². The van der Waals surface area contributed by atoms with E-state index < -0.39 is 11.9 Å². The number of hydrogen-bond acceptors (Lipinski definition) is 4. The maximum Gasteiger partial charge on any atom is 0.253 e. The summed E-state index contributed by atoms with van der Waals surface area (Å²) in [5, 5.41) is 4.78. The first kappa shape index (κ1) is 12.2. The van der Waals surface area contributed by atoms with Crippen LogP contribution in [0.15, 0.2) is 18.5 Å². The first-order chi connectivity index (χ1) is 8.56. The van der Waals surface area contributed by atoms with Crippen molar-refractivity contribution in [3.05, 3.63) is 29.6 Å². The molecule has 0 aliphatic carbocycles. The highest BCUT2D eigenvalue weighted by molar-refractivity contribution is 6.03. The van der Waals surface area contributed by atoms with Crippen molar-refractivity contribution in [2.24, 2.45) is 0 Å². The lowest BCUT2D eigenvalue weighted by atomic mass is 10.1. The number of aromatic nitrogens is 1. The number of aryl methyl sites for hydroxylation is 1. The van der Waals surface area contributed by atoms with Crippen molar-refractivity contribution in [2.45, 2.75) is 25.8 Å². The summed E-state index contributed by atoms with van der Waals surface area (Å²) < 4.78 is 0. The van der Waals surface area contributed by atoms with E-state index in [-0.39, 0.29) is 18.2 Å². The number of pyridine rings is 1. The van der Waals surface area contributed by atoms with E-state index in [0.717, 1.165) is 5.56 Å². The van der Waals surface area contributed by atoms with E-state index in [0.29, 0.717) is 12.0 Å². The van der Waals surface area contributed by atoms with Crippen molar-refractivity contribution in [3.8, 4) is 0 Å². The third kappa shape index (κ3) is 2.71. The summed E-state index contributed by atoms with van der Waals surface area (Å²) in [6, 6.07) is 1.03. The highest BCUT2D eigenvalue weighted by Crippen LogP contribution is 2.07. The van der Waals surface area contributed by atoms with Gasteiger partial charge in [0.2, 0.25) is 11.8 Å². The van der Waals surface area contributed by atoms with Gasteiger partial charge in [0.1, 0.15) is 6.04 Å². The molecule has 0 spiro atoms. The van der Waals surface area contributed by atoms with Crippen LogP contribution in [0, 0.1) is 6.92 Å². The number of rotatable bonds is 2. The molecule has 6 nitrogen and oxygen atoms in total. The largest absolute Gasteiger partial charge is 0.340 e. The van der Waals surface area contributed by atoms with Crippen LogP contribution >= 0.6 is 0 Å². The molecule has 0 bridgehead atoms.